The Balaban J connectivity index is 3.27. The number of nitro benzene ring substituents is 1. The van der Waals surface area contributed by atoms with E-state index in [9.17, 15) is 24.4 Å². The van der Waals surface area contributed by atoms with Crippen LogP contribution < -0.4 is 5.11 Å². The summed E-state index contributed by atoms with van der Waals surface area (Å²) in [4.78, 5) is 19.6. The molecule has 0 amide bonds. The molecule has 0 fully saturated rings. The Morgan fingerprint density at radius 1 is 1.46 bits per heavy atom. The zero-order valence-electron chi connectivity index (χ0n) is 6.19. The van der Waals surface area contributed by atoms with Gasteiger partial charge in [-0.15, -0.1) is 0 Å². The fourth-order valence-electron chi connectivity index (χ4n) is 0.783. The second kappa shape index (κ2) is 3.18. The van der Waals surface area contributed by atoms with Crippen LogP contribution in [0.4, 0.5) is 10.1 Å². The molecule has 0 aliphatic heterocycles. The zero-order chi connectivity index (χ0) is 10.0. The number of halogens is 1. The van der Waals surface area contributed by atoms with Gasteiger partial charge in [-0.1, -0.05) is 0 Å². The lowest BCUT2D eigenvalue weighted by atomic mass is 10.2. The van der Waals surface area contributed by atoms with Crippen molar-refractivity contribution in [2.75, 3.05) is 0 Å². The van der Waals surface area contributed by atoms with Crippen LogP contribution in [-0.4, -0.2) is 10.9 Å². The molecular formula is C7H3FNO4-. The van der Waals surface area contributed by atoms with E-state index < -0.39 is 28.0 Å². The highest BCUT2D eigenvalue weighted by molar-refractivity contribution is 5.86. The first kappa shape index (κ1) is 9.11. The molecular weight excluding hydrogens is 181 g/mol. The fourth-order valence-corrected chi connectivity index (χ4v) is 0.783. The Kier molecular flexibility index (Phi) is 2.23. The van der Waals surface area contributed by atoms with Gasteiger partial charge in [0.05, 0.1) is 10.9 Å². The summed E-state index contributed by atoms with van der Waals surface area (Å²) in [6.45, 7) is 0. The SMILES string of the molecule is O=C([O-])c1cc([N+](=O)[O-])ccc1F. The van der Waals surface area contributed by atoms with Crippen molar-refractivity contribution in [3.63, 3.8) is 0 Å². The van der Waals surface area contributed by atoms with Crippen LogP contribution in [0, 0.1) is 15.9 Å². The second-order valence-corrected chi connectivity index (χ2v) is 2.21. The number of carboxylic acid groups (broad SMARTS) is 1. The van der Waals surface area contributed by atoms with Crippen molar-refractivity contribution >= 4 is 11.7 Å². The minimum atomic E-state index is -1.78. The van der Waals surface area contributed by atoms with Crippen molar-refractivity contribution in [1.82, 2.24) is 0 Å². The van der Waals surface area contributed by atoms with Gasteiger partial charge in [0.2, 0.25) is 0 Å². The van der Waals surface area contributed by atoms with Crippen LogP contribution >= 0.6 is 0 Å². The number of non-ortho nitro benzene ring substituents is 1. The van der Waals surface area contributed by atoms with Crippen molar-refractivity contribution in [2.45, 2.75) is 0 Å². The molecule has 6 heteroatoms. The normalized spacial score (nSPS) is 9.62. The van der Waals surface area contributed by atoms with Gasteiger partial charge >= 0.3 is 0 Å². The van der Waals surface area contributed by atoms with Gasteiger partial charge in [0, 0.05) is 17.7 Å². The van der Waals surface area contributed by atoms with Crippen LogP contribution in [0.3, 0.4) is 0 Å². The van der Waals surface area contributed by atoms with E-state index in [1.165, 1.54) is 0 Å². The number of nitro groups is 1. The average molecular weight is 184 g/mol. The summed E-state index contributed by atoms with van der Waals surface area (Å²) < 4.78 is 12.6. The van der Waals surface area contributed by atoms with Crippen LogP contribution in [0.25, 0.3) is 0 Å². The molecule has 0 radical (unpaired) electrons. The predicted octanol–water partition coefficient (Wildman–Crippen LogP) is 0.0974. The monoisotopic (exact) mass is 184 g/mol. The number of aromatic carboxylic acids is 1. The van der Waals surface area contributed by atoms with Gasteiger partial charge < -0.3 is 9.90 Å². The van der Waals surface area contributed by atoms with E-state index in [0.29, 0.717) is 12.1 Å². The van der Waals surface area contributed by atoms with Crippen molar-refractivity contribution in [3.8, 4) is 0 Å². The third kappa shape index (κ3) is 1.78. The minimum Gasteiger partial charge on any atom is -0.545 e. The molecule has 5 nitrogen and oxygen atoms in total. The number of carbonyl (C=O) groups is 1. The smallest absolute Gasteiger partial charge is 0.270 e. The van der Waals surface area contributed by atoms with Gasteiger partial charge in [-0.3, -0.25) is 10.1 Å². The van der Waals surface area contributed by atoms with Gasteiger partial charge in [-0.05, 0) is 6.07 Å². The van der Waals surface area contributed by atoms with Crippen molar-refractivity contribution in [3.05, 3.63) is 39.7 Å². The summed E-state index contributed by atoms with van der Waals surface area (Å²) >= 11 is 0. The number of nitrogens with zero attached hydrogens (tertiary/aromatic N) is 1. The van der Waals surface area contributed by atoms with Crippen molar-refractivity contribution in [2.24, 2.45) is 0 Å². The first-order valence-electron chi connectivity index (χ1n) is 3.17. The van der Waals surface area contributed by atoms with E-state index in [-0.39, 0.29) is 0 Å². The Hall–Kier alpha value is -1.98. The van der Waals surface area contributed by atoms with Crippen molar-refractivity contribution in [1.29, 1.82) is 0 Å². The Labute approximate surface area is 71.6 Å². The molecule has 0 bridgehead atoms. The quantitative estimate of drug-likeness (QED) is 0.481. The molecule has 0 N–H and O–H groups in total. The molecule has 0 saturated carbocycles. The summed E-state index contributed by atoms with van der Waals surface area (Å²) in [6, 6.07) is 2.20. The van der Waals surface area contributed by atoms with Gasteiger partial charge in [0.25, 0.3) is 5.69 Å². The molecule has 0 aliphatic carbocycles. The number of benzene rings is 1. The van der Waals surface area contributed by atoms with E-state index in [4.69, 9.17) is 0 Å². The Morgan fingerprint density at radius 3 is 2.54 bits per heavy atom. The third-order valence-corrected chi connectivity index (χ3v) is 1.38. The largest absolute Gasteiger partial charge is 0.545 e. The number of carboxylic acids is 1. The van der Waals surface area contributed by atoms with E-state index in [0.717, 1.165) is 6.07 Å². The maximum absolute atomic E-state index is 12.6. The van der Waals surface area contributed by atoms with Gasteiger partial charge in [-0.2, -0.15) is 0 Å². The van der Waals surface area contributed by atoms with Gasteiger partial charge in [-0.25, -0.2) is 4.39 Å². The molecule has 13 heavy (non-hydrogen) atoms. The molecule has 0 unspecified atom stereocenters. The maximum atomic E-state index is 12.6. The van der Waals surface area contributed by atoms with Crippen molar-refractivity contribution < 1.29 is 19.2 Å². The van der Waals surface area contributed by atoms with Crippen LogP contribution in [0.5, 0.6) is 0 Å². The molecule has 1 aromatic carbocycles. The van der Waals surface area contributed by atoms with E-state index in [1.54, 1.807) is 0 Å². The number of rotatable bonds is 2. The lowest BCUT2D eigenvalue weighted by molar-refractivity contribution is -0.385. The number of carbonyl (C=O) groups excluding carboxylic acids is 1. The first-order chi connectivity index (χ1) is 6.02. The molecule has 1 aromatic rings. The summed E-state index contributed by atoms with van der Waals surface area (Å²) in [5.74, 6) is -2.83. The summed E-state index contributed by atoms with van der Waals surface area (Å²) in [5, 5.41) is 20.4. The van der Waals surface area contributed by atoms with E-state index in [1.807, 2.05) is 0 Å². The van der Waals surface area contributed by atoms with Gasteiger partial charge in [0.1, 0.15) is 5.82 Å². The van der Waals surface area contributed by atoms with E-state index in [2.05, 4.69) is 0 Å². The van der Waals surface area contributed by atoms with E-state index >= 15 is 0 Å². The number of hydrogen-bond donors (Lipinski definition) is 0. The fraction of sp³-hybridized carbons (Fsp3) is 0. The first-order valence-corrected chi connectivity index (χ1v) is 3.17. The Bertz CT molecular complexity index is 377. The number of hydrogen-bond acceptors (Lipinski definition) is 4. The van der Waals surface area contributed by atoms with Crippen LogP contribution in [0.15, 0.2) is 18.2 Å². The van der Waals surface area contributed by atoms with Crippen LogP contribution in [-0.2, 0) is 0 Å². The predicted molar refractivity (Wildman–Crippen MR) is 37.4 cm³/mol. The highest BCUT2D eigenvalue weighted by Crippen LogP contribution is 2.15. The molecule has 0 aliphatic rings. The average Bonchev–Trinajstić information content (AvgIpc) is 2.04. The van der Waals surface area contributed by atoms with Crippen LogP contribution in [0.1, 0.15) is 10.4 Å². The van der Waals surface area contributed by atoms with Crippen LogP contribution in [0.2, 0.25) is 0 Å². The molecule has 0 atom stereocenters. The lowest BCUT2D eigenvalue weighted by Crippen LogP contribution is -2.23. The van der Waals surface area contributed by atoms with Gasteiger partial charge in [0.15, 0.2) is 0 Å². The summed E-state index contributed by atoms with van der Waals surface area (Å²) in [5.41, 5.74) is -1.30. The lowest BCUT2D eigenvalue weighted by Gasteiger charge is -2.02. The molecule has 0 spiro atoms. The maximum Gasteiger partial charge on any atom is 0.270 e. The zero-order valence-corrected chi connectivity index (χ0v) is 6.19. The second-order valence-electron chi connectivity index (χ2n) is 2.21. The molecule has 68 valence electrons. The molecule has 0 aromatic heterocycles. The highest BCUT2D eigenvalue weighted by atomic mass is 19.1. The highest BCUT2D eigenvalue weighted by Gasteiger charge is 2.10. The summed E-state index contributed by atoms with van der Waals surface area (Å²) in [7, 11) is 0. The minimum absolute atomic E-state index is 0.486. The molecule has 1 rings (SSSR count). The molecule has 0 heterocycles. The standard InChI is InChI=1S/C7H4FNO4/c8-6-2-1-4(9(12)13)3-5(6)7(10)11/h1-3H,(H,10,11)/p-1. The summed E-state index contributed by atoms with van der Waals surface area (Å²) in [6.07, 6.45) is 0. The molecule has 0 saturated heterocycles. The topological polar surface area (TPSA) is 83.3 Å². The third-order valence-electron chi connectivity index (χ3n) is 1.38. The Morgan fingerprint density at radius 2 is 2.08 bits per heavy atom.